The van der Waals surface area contributed by atoms with Crippen molar-refractivity contribution in [3.63, 3.8) is 0 Å². The number of nitrogens with one attached hydrogen (secondary N) is 1. The predicted octanol–water partition coefficient (Wildman–Crippen LogP) is 3.27. The molecule has 2 heterocycles. The van der Waals surface area contributed by atoms with Crippen LogP contribution < -0.4 is 5.32 Å². The number of benzene rings is 1. The van der Waals surface area contributed by atoms with Gasteiger partial charge < -0.3 is 14.2 Å². The molecule has 0 bridgehead atoms. The van der Waals surface area contributed by atoms with Crippen molar-refractivity contribution in [2.75, 3.05) is 0 Å². The fraction of sp³-hybridized carbons (Fsp3) is 0.143. The Morgan fingerprint density at radius 2 is 1.90 bits per heavy atom. The molecule has 0 radical (unpaired) electrons. The van der Waals surface area contributed by atoms with E-state index in [4.69, 9.17) is 20.4 Å². The van der Waals surface area contributed by atoms with Crippen molar-refractivity contribution in [2.24, 2.45) is 0 Å². The van der Waals surface area contributed by atoms with Gasteiger partial charge in [0.15, 0.2) is 0 Å². The Morgan fingerprint density at radius 1 is 1.05 bits per heavy atom. The molecule has 0 aliphatic carbocycles. The Bertz CT molecular complexity index is 662. The summed E-state index contributed by atoms with van der Waals surface area (Å²) in [7, 11) is 0. The Balaban J connectivity index is 1.60. The van der Waals surface area contributed by atoms with E-state index in [9.17, 15) is 0 Å². The second-order valence-electron chi connectivity index (χ2n) is 4.19. The smallest absolute Gasteiger partial charge is 0.247 e. The maximum Gasteiger partial charge on any atom is 0.247 e. The van der Waals surface area contributed by atoms with Crippen molar-refractivity contribution >= 4 is 11.6 Å². The summed E-state index contributed by atoms with van der Waals surface area (Å²) in [6.45, 7) is 1.10. The Morgan fingerprint density at radius 3 is 2.65 bits per heavy atom. The molecule has 1 aromatic carbocycles. The Hall–Kier alpha value is -2.11. The Kier molecular flexibility index (Phi) is 3.80. The second-order valence-corrected chi connectivity index (χ2v) is 4.63. The lowest BCUT2D eigenvalue weighted by atomic mass is 10.2. The van der Waals surface area contributed by atoms with Crippen molar-refractivity contribution in [3.8, 4) is 11.5 Å². The number of nitrogens with zero attached hydrogens (tertiary/aromatic N) is 2. The van der Waals surface area contributed by atoms with Crippen LogP contribution >= 0.6 is 11.6 Å². The summed E-state index contributed by atoms with van der Waals surface area (Å²) in [5.74, 6) is 1.88. The van der Waals surface area contributed by atoms with E-state index in [0.717, 1.165) is 11.3 Å². The summed E-state index contributed by atoms with van der Waals surface area (Å²) in [5, 5.41) is 11.8. The first kappa shape index (κ1) is 12.9. The van der Waals surface area contributed by atoms with E-state index in [-0.39, 0.29) is 0 Å². The van der Waals surface area contributed by atoms with Crippen LogP contribution in [0.1, 0.15) is 11.7 Å². The molecule has 2 aromatic heterocycles. The highest BCUT2D eigenvalue weighted by Crippen LogP contribution is 2.20. The van der Waals surface area contributed by atoms with Gasteiger partial charge in [-0.15, -0.1) is 10.2 Å². The van der Waals surface area contributed by atoms with Crippen LogP contribution in [0.2, 0.25) is 5.02 Å². The van der Waals surface area contributed by atoms with Gasteiger partial charge in [-0.05, 0) is 36.4 Å². The van der Waals surface area contributed by atoms with Gasteiger partial charge in [0.2, 0.25) is 11.8 Å². The van der Waals surface area contributed by atoms with Crippen LogP contribution in [0.15, 0.2) is 51.5 Å². The quantitative estimate of drug-likeness (QED) is 0.781. The lowest BCUT2D eigenvalue weighted by molar-refractivity contribution is 0.447. The van der Waals surface area contributed by atoms with Gasteiger partial charge in [0.25, 0.3) is 0 Å². The lowest BCUT2D eigenvalue weighted by Gasteiger charge is -1.98. The standard InChI is InChI=1S/C14H12ClN3O2/c15-11-5-3-10(4-6-11)14-18-17-13(20-14)9-16-8-12-2-1-7-19-12/h1-7,16H,8-9H2. The van der Waals surface area contributed by atoms with Crippen LogP contribution in [0.4, 0.5) is 0 Å². The number of aromatic nitrogens is 2. The van der Waals surface area contributed by atoms with Crippen LogP contribution in [0, 0.1) is 0 Å². The van der Waals surface area contributed by atoms with E-state index >= 15 is 0 Å². The molecule has 1 N–H and O–H groups in total. The molecule has 0 saturated carbocycles. The minimum atomic E-state index is 0.483. The molecule has 3 rings (SSSR count). The van der Waals surface area contributed by atoms with Gasteiger partial charge in [-0.25, -0.2) is 0 Å². The van der Waals surface area contributed by atoms with Crippen molar-refractivity contribution in [1.29, 1.82) is 0 Å². The molecule has 5 nitrogen and oxygen atoms in total. The molecule has 0 amide bonds. The van der Waals surface area contributed by atoms with Gasteiger partial charge in [0.05, 0.1) is 19.4 Å². The fourth-order valence-corrected chi connectivity index (χ4v) is 1.87. The first-order valence-electron chi connectivity index (χ1n) is 6.13. The predicted molar refractivity (Wildman–Crippen MR) is 74.0 cm³/mol. The third kappa shape index (κ3) is 3.07. The first-order chi connectivity index (χ1) is 9.81. The van der Waals surface area contributed by atoms with Crippen LogP contribution in [0.25, 0.3) is 11.5 Å². The van der Waals surface area contributed by atoms with E-state index in [1.165, 1.54) is 0 Å². The zero-order valence-corrected chi connectivity index (χ0v) is 11.3. The van der Waals surface area contributed by atoms with Crippen LogP contribution in [-0.4, -0.2) is 10.2 Å². The number of hydrogen-bond acceptors (Lipinski definition) is 5. The van der Waals surface area contributed by atoms with Crippen LogP contribution in [0.5, 0.6) is 0 Å². The molecule has 0 fully saturated rings. The van der Waals surface area contributed by atoms with E-state index < -0.39 is 0 Å². The zero-order valence-electron chi connectivity index (χ0n) is 10.5. The van der Waals surface area contributed by atoms with Crippen molar-refractivity contribution < 1.29 is 8.83 Å². The normalized spacial score (nSPS) is 10.8. The average molecular weight is 290 g/mol. The van der Waals surface area contributed by atoms with E-state index in [1.54, 1.807) is 18.4 Å². The maximum absolute atomic E-state index is 5.84. The SMILES string of the molecule is Clc1ccc(-c2nnc(CNCc3ccco3)o2)cc1. The van der Waals surface area contributed by atoms with Gasteiger partial charge in [0.1, 0.15) is 5.76 Å². The van der Waals surface area contributed by atoms with Gasteiger partial charge in [0, 0.05) is 10.6 Å². The molecule has 0 aliphatic rings. The first-order valence-corrected chi connectivity index (χ1v) is 6.50. The lowest BCUT2D eigenvalue weighted by Crippen LogP contribution is -2.12. The minimum Gasteiger partial charge on any atom is -0.468 e. The maximum atomic E-state index is 5.84. The largest absolute Gasteiger partial charge is 0.468 e. The van der Waals surface area contributed by atoms with Crippen molar-refractivity contribution in [3.05, 3.63) is 59.3 Å². The summed E-state index contributed by atoms with van der Waals surface area (Å²) in [5.41, 5.74) is 0.846. The van der Waals surface area contributed by atoms with Crippen LogP contribution in [-0.2, 0) is 13.1 Å². The molecule has 6 heteroatoms. The van der Waals surface area contributed by atoms with E-state index in [2.05, 4.69) is 15.5 Å². The summed E-state index contributed by atoms with van der Waals surface area (Å²) >= 11 is 5.84. The molecule has 0 aliphatic heterocycles. The zero-order chi connectivity index (χ0) is 13.8. The topological polar surface area (TPSA) is 64.1 Å². The number of hydrogen-bond donors (Lipinski definition) is 1. The summed E-state index contributed by atoms with van der Waals surface area (Å²) in [6, 6.07) is 11.0. The summed E-state index contributed by atoms with van der Waals surface area (Å²) in [6.07, 6.45) is 1.64. The second kappa shape index (κ2) is 5.90. The van der Waals surface area contributed by atoms with Crippen molar-refractivity contribution in [1.82, 2.24) is 15.5 Å². The highest BCUT2D eigenvalue weighted by atomic mass is 35.5. The minimum absolute atomic E-state index is 0.483. The highest BCUT2D eigenvalue weighted by Gasteiger charge is 2.08. The molecule has 0 spiro atoms. The van der Waals surface area contributed by atoms with Gasteiger partial charge >= 0.3 is 0 Å². The molecular formula is C14H12ClN3O2. The molecule has 0 saturated heterocycles. The van der Waals surface area contributed by atoms with Gasteiger partial charge in [-0.2, -0.15) is 0 Å². The molecule has 0 unspecified atom stereocenters. The number of rotatable bonds is 5. The highest BCUT2D eigenvalue weighted by molar-refractivity contribution is 6.30. The molecule has 102 valence electrons. The number of halogens is 1. The Labute approximate surface area is 120 Å². The van der Waals surface area contributed by atoms with E-state index in [1.807, 2.05) is 24.3 Å². The molecule has 3 aromatic rings. The number of furan rings is 1. The average Bonchev–Trinajstić information content (AvgIpc) is 3.11. The molecule has 0 atom stereocenters. The van der Waals surface area contributed by atoms with Crippen LogP contribution in [0.3, 0.4) is 0 Å². The third-order valence-electron chi connectivity index (χ3n) is 2.71. The summed E-state index contributed by atoms with van der Waals surface area (Å²) < 4.78 is 10.8. The van der Waals surface area contributed by atoms with E-state index in [0.29, 0.717) is 29.9 Å². The summed E-state index contributed by atoms with van der Waals surface area (Å²) in [4.78, 5) is 0. The van der Waals surface area contributed by atoms with Gasteiger partial charge in [-0.1, -0.05) is 11.6 Å². The third-order valence-corrected chi connectivity index (χ3v) is 2.97. The molecular weight excluding hydrogens is 278 g/mol. The van der Waals surface area contributed by atoms with Crippen molar-refractivity contribution in [2.45, 2.75) is 13.1 Å². The monoisotopic (exact) mass is 289 g/mol. The molecule has 20 heavy (non-hydrogen) atoms. The van der Waals surface area contributed by atoms with Gasteiger partial charge in [-0.3, -0.25) is 0 Å². The fourth-order valence-electron chi connectivity index (χ4n) is 1.74.